The van der Waals surface area contributed by atoms with E-state index in [0.29, 0.717) is 19.3 Å². The molecule has 6 heteroatoms. The van der Waals surface area contributed by atoms with Crippen molar-refractivity contribution in [2.75, 3.05) is 13.2 Å². The second kappa shape index (κ2) is 54.0. The Bertz CT molecular complexity index is 1140. The van der Waals surface area contributed by atoms with Gasteiger partial charge in [0.05, 0.1) is 0 Å². The topological polar surface area (TPSA) is 78.9 Å². The molecule has 0 aliphatic carbocycles. The first-order valence-corrected chi connectivity index (χ1v) is 28.1. The molecule has 0 aromatic carbocycles. The monoisotopic (exact) mass is 911 g/mol. The molecule has 0 aliphatic heterocycles. The van der Waals surface area contributed by atoms with Gasteiger partial charge in [0.25, 0.3) is 0 Å². The van der Waals surface area contributed by atoms with Gasteiger partial charge in [0, 0.05) is 19.3 Å². The van der Waals surface area contributed by atoms with Crippen molar-refractivity contribution in [1.82, 2.24) is 0 Å². The molecule has 0 aromatic rings. The van der Waals surface area contributed by atoms with Crippen molar-refractivity contribution in [3.8, 4) is 0 Å². The number of hydrogen-bond acceptors (Lipinski definition) is 6. The Kier molecular flexibility index (Phi) is 51.8. The number of carbonyl (C=O) groups is 3. The van der Waals surface area contributed by atoms with Gasteiger partial charge in [-0.15, -0.1) is 0 Å². The van der Waals surface area contributed by atoms with E-state index in [1.54, 1.807) is 0 Å². The fourth-order valence-corrected chi connectivity index (χ4v) is 8.10. The molecular weight excluding hydrogens is 805 g/mol. The molecule has 0 rings (SSSR count). The van der Waals surface area contributed by atoms with Gasteiger partial charge in [0.15, 0.2) is 6.10 Å². The predicted octanol–water partition coefficient (Wildman–Crippen LogP) is 18.7. The summed E-state index contributed by atoms with van der Waals surface area (Å²) in [6.07, 6.45) is 65.3. The summed E-state index contributed by atoms with van der Waals surface area (Å²) in [7, 11) is 0. The van der Waals surface area contributed by atoms with Gasteiger partial charge in [-0.3, -0.25) is 14.4 Å². The standard InChI is InChI=1S/C59H106O6/c1-4-7-10-13-16-19-22-24-26-27-28-29-30-31-33-35-38-40-43-46-49-52-58(61)64-55-56(65-59(62)53-50-47-44-41-36-21-18-15-12-9-6-3)54-63-57(60)51-48-45-42-39-37-34-32-25-23-20-17-14-11-8-5-2/h8,11,17,20,24-26,32,56H,4-7,9-10,12-16,18-19,21-23,27-31,33-55H2,1-3H3/b11-8-,20-17-,26-24-,32-25-/t56-/m1/s1. The number of hydrogen-bond donors (Lipinski definition) is 0. The minimum absolute atomic E-state index is 0.0763. The number of esters is 3. The van der Waals surface area contributed by atoms with Crippen molar-refractivity contribution in [2.45, 2.75) is 297 Å². The summed E-state index contributed by atoms with van der Waals surface area (Å²) in [5.74, 6) is -0.883. The molecular formula is C59H106O6. The lowest BCUT2D eigenvalue weighted by Gasteiger charge is -2.18. The molecule has 6 nitrogen and oxygen atoms in total. The summed E-state index contributed by atoms with van der Waals surface area (Å²) in [5.41, 5.74) is 0. The number of ether oxygens (including phenoxy) is 3. The molecule has 0 fully saturated rings. The fourth-order valence-electron chi connectivity index (χ4n) is 8.10. The van der Waals surface area contributed by atoms with Gasteiger partial charge in [-0.2, -0.15) is 0 Å². The number of allylic oxidation sites excluding steroid dienone is 8. The lowest BCUT2D eigenvalue weighted by atomic mass is 10.0. The van der Waals surface area contributed by atoms with Crippen LogP contribution in [0.25, 0.3) is 0 Å². The normalized spacial score (nSPS) is 12.4. The van der Waals surface area contributed by atoms with E-state index >= 15 is 0 Å². The quantitative estimate of drug-likeness (QED) is 0.0262. The summed E-state index contributed by atoms with van der Waals surface area (Å²) in [6, 6.07) is 0. The molecule has 1 atom stereocenters. The highest BCUT2D eigenvalue weighted by molar-refractivity contribution is 5.71. The third-order valence-corrected chi connectivity index (χ3v) is 12.3. The maximum atomic E-state index is 12.8. The Balaban J connectivity index is 4.28. The first-order valence-electron chi connectivity index (χ1n) is 28.1. The molecule has 0 unspecified atom stereocenters. The van der Waals surface area contributed by atoms with Gasteiger partial charge in [-0.05, 0) is 77.0 Å². The van der Waals surface area contributed by atoms with Crippen molar-refractivity contribution >= 4 is 17.9 Å². The van der Waals surface area contributed by atoms with Gasteiger partial charge >= 0.3 is 17.9 Å². The molecule has 0 saturated heterocycles. The van der Waals surface area contributed by atoms with E-state index in [1.165, 1.54) is 154 Å². The highest BCUT2D eigenvalue weighted by Crippen LogP contribution is 2.16. The summed E-state index contributed by atoms with van der Waals surface area (Å²) >= 11 is 0. The fraction of sp³-hybridized carbons (Fsp3) is 0.814. The SMILES string of the molecule is CC/C=C\C/C=C\C/C=C\CCCCCCCC(=O)OC[C@H](COC(=O)CCCCCCCCCCCCC/C=C\CCCCCCCC)OC(=O)CCCCCCCCCCCCC. The lowest BCUT2D eigenvalue weighted by Crippen LogP contribution is -2.30. The summed E-state index contributed by atoms with van der Waals surface area (Å²) in [5, 5.41) is 0. The molecule has 0 amide bonds. The first kappa shape index (κ1) is 62.4. The number of rotatable bonds is 51. The van der Waals surface area contributed by atoms with Crippen molar-refractivity contribution in [3.05, 3.63) is 48.6 Å². The van der Waals surface area contributed by atoms with Crippen molar-refractivity contribution in [1.29, 1.82) is 0 Å². The van der Waals surface area contributed by atoms with E-state index in [9.17, 15) is 14.4 Å². The Hall–Kier alpha value is -2.63. The molecule has 0 heterocycles. The minimum Gasteiger partial charge on any atom is -0.462 e. The Morgan fingerprint density at radius 1 is 0.323 bits per heavy atom. The van der Waals surface area contributed by atoms with Gasteiger partial charge in [-0.1, -0.05) is 243 Å². The average molecular weight is 911 g/mol. The maximum absolute atomic E-state index is 12.8. The smallest absolute Gasteiger partial charge is 0.306 e. The predicted molar refractivity (Wildman–Crippen MR) is 279 cm³/mol. The van der Waals surface area contributed by atoms with Crippen molar-refractivity contribution < 1.29 is 28.6 Å². The second-order valence-electron chi connectivity index (χ2n) is 18.8. The van der Waals surface area contributed by atoms with Gasteiger partial charge < -0.3 is 14.2 Å². The van der Waals surface area contributed by atoms with Gasteiger partial charge in [0.2, 0.25) is 0 Å². The van der Waals surface area contributed by atoms with Gasteiger partial charge in [0.1, 0.15) is 13.2 Å². The van der Waals surface area contributed by atoms with Crippen LogP contribution in [-0.2, 0) is 28.6 Å². The Morgan fingerprint density at radius 3 is 0.954 bits per heavy atom. The lowest BCUT2D eigenvalue weighted by molar-refractivity contribution is -0.167. The zero-order valence-electron chi connectivity index (χ0n) is 43.3. The average Bonchev–Trinajstić information content (AvgIpc) is 3.30. The molecule has 0 aromatic heterocycles. The van der Waals surface area contributed by atoms with Crippen LogP contribution in [0.4, 0.5) is 0 Å². The third kappa shape index (κ3) is 52.2. The second-order valence-corrected chi connectivity index (χ2v) is 18.8. The van der Waals surface area contributed by atoms with Crippen LogP contribution in [0, 0.1) is 0 Å². The van der Waals surface area contributed by atoms with Crippen LogP contribution in [0.1, 0.15) is 290 Å². The van der Waals surface area contributed by atoms with Crippen LogP contribution in [0.5, 0.6) is 0 Å². The maximum Gasteiger partial charge on any atom is 0.306 e. The van der Waals surface area contributed by atoms with Crippen molar-refractivity contribution in [3.63, 3.8) is 0 Å². The molecule has 0 saturated carbocycles. The van der Waals surface area contributed by atoms with Crippen molar-refractivity contribution in [2.24, 2.45) is 0 Å². The van der Waals surface area contributed by atoms with Crippen LogP contribution in [0.15, 0.2) is 48.6 Å². The van der Waals surface area contributed by atoms with E-state index in [2.05, 4.69) is 69.4 Å². The molecule has 0 bridgehead atoms. The van der Waals surface area contributed by atoms with E-state index in [0.717, 1.165) is 96.3 Å². The number of unbranched alkanes of at least 4 members (excludes halogenated alkanes) is 32. The number of carbonyl (C=O) groups excluding carboxylic acids is 3. The van der Waals surface area contributed by atoms with E-state index in [-0.39, 0.29) is 31.1 Å². The highest BCUT2D eigenvalue weighted by Gasteiger charge is 2.19. The van der Waals surface area contributed by atoms with Crippen LogP contribution < -0.4 is 0 Å². The largest absolute Gasteiger partial charge is 0.462 e. The van der Waals surface area contributed by atoms with Crippen LogP contribution in [0.3, 0.4) is 0 Å². The summed E-state index contributed by atoms with van der Waals surface area (Å²) in [4.78, 5) is 38.0. The van der Waals surface area contributed by atoms with Gasteiger partial charge in [-0.25, -0.2) is 0 Å². The molecule has 0 N–H and O–H groups in total. The van der Waals surface area contributed by atoms with Crippen LogP contribution >= 0.6 is 0 Å². The van der Waals surface area contributed by atoms with Crippen LogP contribution in [0.2, 0.25) is 0 Å². The van der Waals surface area contributed by atoms with E-state index in [4.69, 9.17) is 14.2 Å². The summed E-state index contributed by atoms with van der Waals surface area (Å²) in [6.45, 7) is 6.53. The summed E-state index contributed by atoms with van der Waals surface area (Å²) < 4.78 is 16.8. The Labute approximate surface area is 403 Å². The van der Waals surface area contributed by atoms with E-state index < -0.39 is 6.10 Å². The highest BCUT2D eigenvalue weighted by atomic mass is 16.6. The third-order valence-electron chi connectivity index (χ3n) is 12.3. The molecule has 378 valence electrons. The van der Waals surface area contributed by atoms with E-state index in [1.807, 2.05) is 0 Å². The van der Waals surface area contributed by atoms with Crippen LogP contribution in [-0.4, -0.2) is 37.2 Å². The molecule has 65 heavy (non-hydrogen) atoms. The minimum atomic E-state index is -0.777. The molecule has 0 aliphatic rings. The Morgan fingerprint density at radius 2 is 0.600 bits per heavy atom. The molecule has 0 radical (unpaired) electrons. The zero-order chi connectivity index (χ0) is 47.2. The molecule has 0 spiro atoms. The zero-order valence-corrected chi connectivity index (χ0v) is 43.3. The first-order chi connectivity index (χ1) is 32.0.